The zero-order valence-electron chi connectivity index (χ0n) is 16.6. The third-order valence-electron chi connectivity index (χ3n) is 5.46. The van der Waals surface area contributed by atoms with Crippen molar-refractivity contribution in [3.05, 3.63) is 65.7 Å². The minimum absolute atomic E-state index is 0.0472. The van der Waals surface area contributed by atoms with Gasteiger partial charge in [-0.2, -0.15) is 18.3 Å². The van der Waals surface area contributed by atoms with Crippen LogP contribution in [0.1, 0.15) is 42.5 Å². The Morgan fingerprint density at radius 1 is 1.10 bits per heavy atom. The van der Waals surface area contributed by atoms with Crippen molar-refractivity contribution in [2.45, 2.75) is 43.6 Å². The van der Waals surface area contributed by atoms with Crippen LogP contribution < -0.4 is 5.32 Å². The van der Waals surface area contributed by atoms with E-state index in [0.717, 1.165) is 23.3 Å². The average Bonchev–Trinajstić information content (AvgIpc) is 3.13. The third kappa shape index (κ3) is 4.08. The van der Waals surface area contributed by atoms with E-state index in [1.165, 1.54) is 12.1 Å². The molecule has 1 aliphatic rings. The minimum Gasteiger partial charge on any atom is -0.385 e. The summed E-state index contributed by atoms with van der Waals surface area (Å²) in [5.74, 6) is 0.550. The minimum atomic E-state index is -4.40. The molecule has 3 atom stereocenters. The summed E-state index contributed by atoms with van der Waals surface area (Å²) < 4.78 is 40.3. The molecule has 1 aliphatic heterocycles. The molecule has 1 saturated heterocycles. The molecule has 158 valence electrons. The molecule has 1 unspecified atom stereocenters. The van der Waals surface area contributed by atoms with Crippen LogP contribution >= 0.6 is 0 Å². The summed E-state index contributed by atoms with van der Waals surface area (Å²) in [5, 5.41) is 18.8. The van der Waals surface area contributed by atoms with E-state index in [1.807, 2.05) is 20.2 Å². The Morgan fingerprint density at radius 3 is 2.33 bits per heavy atom. The molecule has 0 amide bonds. The van der Waals surface area contributed by atoms with Gasteiger partial charge in [0, 0.05) is 43.3 Å². The van der Waals surface area contributed by atoms with Crippen molar-refractivity contribution in [1.29, 1.82) is 0 Å². The van der Waals surface area contributed by atoms with Crippen LogP contribution in [-0.2, 0) is 18.8 Å². The number of aliphatic hydroxyl groups is 1. The summed E-state index contributed by atoms with van der Waals surface area (Å²) in [4.78, 5) is 8.82. The highest BCUT2D eigenvalue weighted by atomic mass is 19.4. The van der Waals surface area contributed by atoms with Crippen molar-refractivity contribution in [1.82, 2.24) is 25.1 Å². The Morgan fingerprint density at radius 2 is 1.77 bits per heavy atom. The van der Waals surface area contributed by atoms with Gasteiger partial charge in [0.15, 0.2) is 5.82 Å². The Labute approximate surface area is 171 Å². The lowest BCUT2D eigenvalue weighted by molar-refractivity contribution is -0.137. The van der Waals surface area contributed by atoms with Gasteiger partial charge in [-0.05, 0) is 37.5 Å². The summed E-state index contributed by atoms with van der Waals surface area (Å²) in [5.41, 5.74) is 0.103. The van der Waals surface area contributed by atoms with Crippen molar-refractivity contribution in [2.24, 2.45) is 7.05 Å². The number of alkyl halides is 3. The first-order valence-corrected chi connectivity index (χ1v) is 9.61. The molecule has 0 aliphatic carbocycles. The van der Waals surface area contributed by atoms with Crippen molar-refractivity contribution in [2.75, 3.05) is 0 Å². The molecule has 0 saturated carbocycles. The van der Waals surface area contributed by atoms with Crippen LogP contribution in [0.25, 0.3) is 11.4 Å². The Bertz CT molecular complexity index is 1020. The van der Waals surface area contributed by atoms with Gasteiger partial charge in [0.05, 0.1) is 22.9 Å². The highest BCUT2D eigenvalue weighted by Crippen LogP contribution is 2.41. The maximum Gasteiger partial charge on any atom is 0.416 e. The molecule has 9 heteroatoms. The average molecular weight is 417 g/mol. The monoisotopic (exact) mass is 417 g/mol. The summed E-state index contributed by atoms with van der Waals surface area (Å²) in [7, 11) is 1.81. The maximum atomic E-state index is 12.9. The van der Waals surface area contributed by atoms with Crippen LogP contribution in [0.3, 0.4) is 0 Å². The van der Waals surface area contributed by atoms with Crippen LogP contribution in [0, 0.1) is 0 Å². The molecule has 0 radical (unpaired) electrons. The number of halogens is 3. The van der Waals surface area contributed by atoms with E-state index in [4.69, 9.17) is 0 Å². The van der Waals surface area contributed by atoms with Gasteiger partial charge < -0.3 is 10.4 Å². The van der Waals surface area contributed by atoms with Crippen LogP contribution in [-0.4, -0.2) is 30.9 Å². The van der Waals surface area contributed by atoms with Crippen molar-refractivity contribution in [3.63, 3.8) is 0 Å². The number of aromatic nitrogens is 4. The number of piperidine rings is 1. The second-order valence-corrected chi connectivity index (χ2v) is 7.88. The Balaban J connectivity index is 1.57. The molecule has 4 rings (SSSR count). The number of nitrogens with one attached hydrogen (secondary N) is 1. The van der Waals surface area contributed by atoms with Gasteiger partial charge in [0.2, 0.25) is 0 Å². The molecule has 2 N–H and O–H groups in total. The smallest absolute Gasteiger partial charge is 0.385 e. The molecule has 30 heavy (non-hydrogen) atoms. The Kier molecular flexibility index (Phi) is 5.11. The fourth-order valence-electron chi connectivity index (χ4n) is 4.01. The lowest BCUT2D eigenvalue weighted by atomic mass is 9.77. The van der Waals surface area contributed by atoms with E-state index in [0.29, 0.717) is 24.2 Å². The number of rotatable bonds is 3. The third-order valence-corrected chi connectivity index (χ3v) is 5.46. The summed E-state index contributed by atoms with van der Waals surface area (Å²) in [6.45, 7) is 1.94. The van der Waals surface area contributed by atoms with Gasteiger partial charge in [0.25, 0.3) is 0 Å². The first kappa shape index (κ1) is 20.5. The predicted molar refractivity (Wildman–Crippen MR) is 104 cm³/mol. The molecule has 1 aromatic carbocycles. The van der Waals surface area contributed by atoms with Gasteiger partial charge in [0.1, 0.15) is 0 Å². The zero-order chi connectivity index (χ0) is 21.5. The van der Waals surface area contributed by atoms with Gasteiger partial charge in [-0.15, -0.1) is 0 Å². The maximum absolute atomic E-state index is 12.9. The molecule has 6 nitrogen and oxygen atoms in total. The first-order chi connectivity index (χ1) is 14.1. The van der Waals surface area contributed by atoms with E-state index in [9.17, 15) is 18.3 Å². The lowest BCUT2D eigenvalue weighted by Crippen LogP contribution is -2.46. The molecule has 2 aromatic heterocycles. The molecular weight excluding hydrogens is 395 g/mol. The van der Waals surface area contributed by atoms with E-state index in [1.54, 1.807) is 23.3 Å². The SMILES string of the molecule is C[C@H]1CC(O)(c2ccc(C(F)(F)F)cc2)C[C@@H](c2cnc(-c3cnn(C)c3)nc2)N1. The zero-order valence-corrected chi connectivity index (χ0v) is 16.6. The van der Waals surface area contributed by atoms with E-state index in [2.05, 4.69) is 20.4 Å². The summed E-state index contributed by atoms with van der Waals surface area (Å²) in [6, 6.07) is 4.47. The quantitative estimate of drug-likeness (QED) is 0.681. The van der Waals surface area contributed by atoms with Crippen LogP contribution in [0.4, 0.5) is 13.2 Å². The van der Waals surface area contributed by atoms with Gasteiger partial charge in [-0.25, -0.2) is 9.97 Å². The van der Waals surface area contributed by atoms with Gasteiger partial charge >= 0.3 is 6.18 Å². The van der Waals surface area contributed by atoms with Crippen molar-refractivity contribution < 1.29 is 18.3 Å². The number of hydrogen-bond donors (Lipinski definition) is 2. The highest BCUT2D eigenvalue weighted by molar-refractivity contribution is 5.51. The normalized spacial score (nSPS) is 24.7. The summed E-state index contributed by atoms with van der Waals surface area (Å²) in [6.07, 6.45) is 3.20. The predicted octanol–water partition coefficient (Wildman–Crippen LogP) is 3.60. The molecule has 0 bridgehead atoms. The first-order valence-electron chi connectivity index (χ1n) is 9.61. The van der Waals surface area contributed by atoms with Gasteiger partial charge in [-0.1, -0.05) is 12.1 Å². The second kappa shape index (κ2) is 7.48. The molecule has 1 fully saturated rings. The number of benzene rings is 1. The molecular formula is C21H22F3N5O. The number of hydrogen-bond acceptors (Lipinski definition) is 5. The van der Waals surface area contributed by atoms with Crippen LogP contribution in [0.15, 0.2) is 49.1 Å². The van der Waals surface area contributed by atoms with Crippen LogP contribution in [0.2, 0.25) is 0 Å². The van der Waals surface area contributed by atoms with Gasteiger partial charge in [-0.3, -0.25) is 4.68 Å². The number of aryl methyl sites for hydroxylation is 1. The largest absolute Gasteiger partial charge is 0.416 e. The molecule has 3 heterocycles. The lowest BCUT2D eigenvalue weighted by Gasteiger charge is -2.41. The number of nitrogens with zero attached hydrogens (tertiary/aromatic N) is 4. The van der Waals surface area contributed by atoms with Crippen LogP contribution in [0.5, 0.6) is 0 Å². The molecule has 3 aromatic rings. The van der Waals surface area contributed by atoms with E-state index >= 15 is 0 Å². The fourth-order valence-corrected chi connectivity index (χ4v) is 4.01. The summed E-state index contributed by atoms with van der Waals surface area (Å²) >= 11 is 0. The highest BCUT2D eigenvalue weighted by Gasteiger charge is 2.40. The Hall–Kier alpha value is -2.78. The van der Waals surface area contributed by atoms with E-state index < -0.39 is 17.3 Å². The van der Waals surface area contributed by atoms with Crippen molar-refractivity contribution >= 4 is 0 Å². The topological polar surface area (TPSA) is 75.9 Å². The molecule has 0 spiro atoms. The second-order valence-electron chi connectivity index (χ2n) is 7.88. The standard InChI is InChI=1S/C21H22F3N5O/c1-13-7-20(30,16-3-5-17(6-4-16)21(22,23)24)8-18(28-13)14-9-25-19(26-10-14)15-11-27-29(2)12-15/h3-6,9-13,18,28,30H,7-8H2,1-2H3/t13-,18-,20?/m0/s1. The fraction of sp³-hybridized carbons (Fsp3) is 0.381. The van der Waals surface area contributed by atoms with Crippen molar-refractivity contribution in [3.8, 4) is 11.4 Å². The van der Waals surface area contributed by atoms with E-state index in [-0.39, 0.29) is 12.1 Å².